The van der Waals surface area contributed by atoms with Crippen LogP contribution in [-0.4, -0.2) is 28.6 Å². The van der Waals surface area contributed by atoms with Gasteiger partial charge in [-0.3, -0.25) is 14.9 Å². The zero-order valence-electron chi connectivity index (χ0n) is 11.3. The minimum Gasteiger partial charge on any atom is -0.481 e. The number of non-ortho nitro benzene ring substituents is 1. The first-order valence-corrected chi connectivity index (χ1v) is 6.06. The van der Waals surface area contributed by atoms with Crippen molar-refractivity contribution in [1.29, 1.82) is 0 Å². The van der Waals surface area contributed by atoms with Crippen molar-refractivity contribution in [1.82, 2.24) is 0 Å². The van der Waals surface area contributed by atoms with Gasteiger partial charge in [0.15, 0.2) is 0 Å². The lowest BCUT2D eigenvalue weighted by Crippen LogP contribution is -2.33. The molecule has 0 saturated carbocycles. The van der Waals surface area contributed by atoms with E-state index in [4.69, 9.17) is 5.11 Å². The zero-order chi connectivity index (χ0) is 14.6. The Morgan fingerprint density at radius 2 is 2.11 bits per heavy atom. The molecule has 0 spiro atoms. The van der Waals surface area contributed by atoms with Gasteiger partial charge in [0.05, 0.1) is 11.3 Å². The van der Waals surface area contributed by atoms with Gasteiger partial charge in [0.2, 0.25) is 0 Å². The number of nitrogens with zero attached hydrogens (tertiary/aromatic N) is 2. The lowest BCUT2D eigenvalue weighted by molar-refractivity contribution is -0.384. The summed E-state index contributed by atoms with van der Waals surface area (Å²) in [5.74, 6) is -0.856. The normalized spacial score (nSPS) is 10.5. The van der Waals surface area contributed by atoms with Gasteiger partial charge in [-0.25, -0.2) is 0 Å². The van der Waals surface area contributed by atoms with E-state index in [1.54, 1.807) is 13.0 Å². The minimum atomic E-state index is -0.856. The average Bonchev–Trinajstić information content (AvgIpc) is 2.30. The van der Waals surface area contributed by atoms with Crippen LogP contribution >= 0.6 is 0 Å². The molecule has 0 unspecified atom stereocenters. The lowest BCUT2D eigenvalue weighted by Gasteiger charge is -2.29. The number of carboxylic acids is 1. The molecule has 0 heterocycles. The topological polar surface area (TPSA) is 83.7 Å². The molecule has 0 aliphatic carbocycles. The summed E-state index contributed by atoms with van der Waals surface area (Å²) in [7, 11) is 0. The molecule has 0 atom stereocenters. The van der Waals surface area contributed by atoms with Crippen molar-refractivity contribution >= 4 is 17.3 Å². The number of aryl methyl sites for hydroxylation is 1. The fourth-order valence-electron chi connectivity index (χ4n) is 1.95. The summed E-state index contributed by atoms with van der Waals surface area (Å²) in [6.07, 6.45) is 0.0363. The third-order valence-corrected chi connectivity index (χ3v) is 2.89. The summed E-state index contributed by atoms with van der Waals surface area (Å²) in [5.41, 5.74) is 1.65. The fourth-order valence-corrected chi connectivity index (χ4v) is 1.95. The van der Waals surface area contributed by atoms with Crippen LogP contribution in [0, 0.1) is 17.0 Å². The standard InChI is InChI=1S/C13H18N2O4/c1-9(2)14(7-6-13(16)17)12-5-4-11(15(18)19)8-10(12)3/h4-5,8-9H,6-7H2,1-3H3,(H,16,17). The molecular weight excluding hydrogens is 248 g/mol. The highest BCUT2D eigenvalue weighted by molar-refractivity contribution is 5.68. The number of rotatable bonds is 6. The summed E-state index contributed by atoms with van der Waals surface area (Å²) in [4.78, 5) is 22.9. The number of hydrogen-bond acceptors (Lipinski definition) is 4. The molecular formula is C13H18N2O4. The van der Waals surface area contributed by atoms with E-state index in [0.717, 1.165) is 11.3 Å². The molecule has 104 valence electrons. The van der Waals surface area contributed by atoms with Gasteiger partial charge >= 0.3 is 5.97 Å². The van der Waals surface area contributed by atoms with Crippen LogP contribution in [0.5, 0.6) is 0 Å². The number of nitro groups is 1. The second-order valence-corrected chi connectivity index (χ2v) is 4.66. The summed E-state index contributed by atoms with van der Waals surface area (Å²) in [5, 5.41) is 19.5. The molecule has 0 fully saturated rings. The van der Waals surface area contributed by atoms with E-state index in [2.05, 4.69) is 0 Å². The molecule has 0 aliphatic rings. The first-order chi connectivity index (χ1) is 8.82. The highest BCUT2D eigenvalue weighted by atomic mass is 16.6. The molecule has 6 nitrogen and oxygen atoms in total. The van der Waals surface area contributed by atoms with Gasteiger partial charge in [-0.2, -0.15) is 0 Å². The maximum Gasteiger partial charge on any atom is 0.305 e. The van der Waals surface area contributed by atoms with Crippen molar-refractivity contribution < 1.29 is 14.8 Å². The van der Waals surface area contributed by atoms with Crippen LogP contribution in [0.4, 0.5) is 11.4 Å². The SMILES string of the molecule is Cc1cc([N+](=O)[O-])ccc1N(CCC(=O)O)C(C)C. The Balaban J connectivity index is 3.02. The van der Waals surface area contributed by atoms with Gasteiger partial charge in [-0.05, 0) is 32.4 Å². The maximum atomic E-state index is 10.7. The van der Waals surface area contributed by atoms with Crippen LogP contribution in [0.2, 0.25) is 0 Å². The van der Waals surface area contributed by atoms with Crippen LogP contribution in [0.15, 0.2) is 18.2 Å². The van der Waals surface area contributed by atoms with Crippen LogP contribution < -0.4 is 4.90 Å². The van der Waals surface area contributed by atoms with E-state index in [1.165, 1.54) is 12.1 Å². The number of aliphatic carboxylic acids is 1. The smallest absolute Gasteiger partial charge is 0.305 e. The third kappa shape index (κ3) is 3.94. The monoisotopic (exact) mass is 266 g/mol. The highest BCUT2D eigenvalue weighted by Gasteiger charge is 2.16. The second kappa shape index (κ2) is 6.17. The van der Waals surface area contributed by atoms with E-state index in [9.17, 15) is 14.9 Å². The Hall–Kier alpha value is -2.11. The molecule has 1 aromatic carbocycles. The Bertz CT molecular complexity index is 486. The van der Waals surface area contributed by atoms with E-state index in [0.29, 0.717) is 6.54 Å². The lowest BCUT2D eigenvalue weighted by atomic mass is 10.1. The molecule has 0 saturated heterocycles. The van der Waals surface area contributed by atoms with E-state index in [1.807, 2.05) is 18.7 Å². The predicted molar refractivity (Wildman–Crippen MR) is 72.6 cm³/mol. The molecule has 1 aromatic rings. The molecule has 1 rings (SSSR count). The van der Waals surface area contributed by atoms with E-state index >= 15 is 0 Å². The van der Waals surface area contributed by atoms with Crippen LogP contribution in [0.3, 0.4) is 0 Å². The van der Waals surface area contributed by atoms with Crippen molar-refractivity contribution in [2.24, 2.45) is 0 Å². The van der Waals surface area contributed by atoms with Gasteiger partial charge in [-0.15, -0.1) is 0 Å². The fraction of sp³-hybridized carbons (Fsp3) is 0.462. The number of nitro benzene ring substituents is 1. The largest absolute Gasteiger partial charge is 0.481 e. The van der Waals surface area contributed by atoms with Gasteiger partial charge in [0, 0.05) is 30.4 Å². The molecule has 1 N–H and O–H groups in total. The van der Waals surface area contributed by atoms with Gasteiger partial charge < -0.3 is 10.0 Å². The molecule has 6 heteroatoms. The van der Waals surface area contributed by atoms with Crippen LogP contribution in [0.1, 0.15) is 25.8 Å². The first-order valence-electron chi connectivity index (χ1n) is 6.06. The number of benzene rings is 1. The summed E-state index contributed by atoms with van der Waals surface area (Å²) in [6.45, 7) is 6.09. The van der Waals surface area contributed by atoms with Crippen LogP contribution in [0.25, 0.3) is 0 Å². The molecule has 0 amide bonds. The molecule has 0 radical (unpaired) electrons. The van der Waals surface area contributed by atoms with Gasteiger partial charge in [-0.1, -0.05) is 0 Å². The zero-order valence-corrected chi connectivity index (χ0v) is 11.3. The maximum absolute atomic E-state index is 10.7. The van der Waals surface area contributed by atoms with Crippen LogP contribution in [-0.2, 0) is 4.79 Å². The first kappa shape index (κ1) is 14.9. The highest BCUT2D eigenvalue weighted by Crippen LogP contribution is 2.26. The average molecular weight is 266 g/mol. The van der Waals surface area contributed by atoms with Crippen molar-refractivity contribution in [3.05, 3.63) is 33.9 Å². The number of carbonyl (C=O) groups is 1. The summed E-state index contributed by atoms with van der Waals surface area (Å²) >= 11 is 0. The number of anilines is 1. The molecule has 19 heavy (non-hydrogen) atoms. The Kier molecular flexibility index (Phi) is 4.86. The Morgan fingerprint density at radius 1 is 1.47 bits per heavy atom. The Labute approximate surface area is 111 Å². The molecule has 0 aliphatic heterocycles. The minimum absolute atomic E-state index is 0.0363. The predicted octanol–water partition coefficient (Wildman–Crippen LogP) is 2.59. The van der Waals surface area contributed by atoms with Gasteiger partial charge in [0.25, 0.3) is 5.69 Å². The molecule has 0 bridgehead atoms. The summed E-state index contributed by atoms with van der Waals surface area (Å²) < 4.78 is 0. The van der Waals surface area contributed by atoms with Crippen molar-refractivity contribution in [3.63, 3.8) is 0 Å². The third-order valence-electron chi connectivity index (χ3n) is 2.89. The number of hydrogen-bond donors (Lipinski definition) is 1. The number of carboxylic acid groups (broad SMARTS) is 1. The van der Waals surface area contributed by atoms with Crippen molar-refractivity contribution in [2.45, 2.75) is 33.2 Å². The second-order valence-electron chi connectivity index (χ2n) is 4.66. The van der Waals surface area contributed by atoms with Gasteiger partial charge in [0.1, 0.15) is 0 Å². The Morgan fingerprint density at radius 3 is 2.53 bits per heavy atom. The van der Waals surface area contributed by atoms with E-state index in [-0.39, 0.29) is 18.2 Å². The quantitative estimate of drug-likeness (QED) is 0.632. The van der Waals surface area contributed by atoms with Crippen molar-refractivity contribution in [2.75, 3.05) is 11.4 Å². The molecule has 0 aromatic heterocycles. The van der Waals surface area contributed by atoms with E-state index < -0.39 is 10.9 Å². The summed E-state index contributed by atoms with van der Waals surface area (Å²) in [6, 6.07) is 4.75. The van der Waals surface area contributed by atoms with Crippen molar-refractivity contribution in [3.8, 4) is 0 Å².